The lowest BCUT2D eigenvalue weighted by molar-refractivity contribution is 0.430. The van der Waals surface area contributed by atoms with Gasteiger partial charge in [0, 0.05) is 4.47 Å². The van der Waals surface area contributed by atoms with Crippen molar-refractivity contribution in [2.75, 3.05) is 5.32 Å². The quantitative estimate of drug-likeness (QED) is 0.727. The van der Waals surface area contributed by atoms with Crippen LogP contribution in [0, 0.1) is 5.82 Å². The molecular weight excluding hydrogens is 359 g/mol. The van der Waals surface area contributed by atoms with Crippen LogP contribution in [-0.4, -0.2) is 14.8 Å². The summed E-state index contributed by atoms with van der Waals surface area (Å²) < 4.78 is 16.1. The van der Waals surface area contributed by atoms with E-state index in [2.05, 4.69) is 43.5 Å². The summed E-state index contributed by atoms with van der Waals surface area (Å²) in [5.41, 5.74) is 2.21. The van der Waals surface area contributed by atoms with E-state index in [1.54, 1.807) is 6.33 Å². The maximum absolute atomic E-state index is 13.2. The molecule has 2 heterocycles. The van der Waals surface area contributed by atoms with E-state index in [0.717, 1.165) is 22.4 Å². The minimum absolute atomic E-state index is 0.0660. The summed E-state index contributed by atoms with van der Waals surface area (Å²) in [6.07, 6.45) is 2.37. The topological polar surface area (TPSA) is 42.7 Å². The molecule has 1 aromatic heterocycles. The van der Waals surface area contributed by atoms with Crippen LogP contribution in [0.5, 0.6) is 0 Å². The van der Waals surface area contributed by atoms with E-state index in [4.69, 9.17) is 0 Å². The Morgan fingerprint density at radius 3 is 2.74 bits per heavy atom. The molecule has 6 heteroatoms. The summed E-state index contributed by atoms with van der Waals surface area (Å²) in [5.74, 6) is 0.506. The second kappa shape index (κ2) is 5.77. The molecule has 116 valence electrons. The van der Waals surface area contributed by atoms with Crippen LogP contribution >= 0.6 is 15.9 Å². The maximum Gasteiger partial charge on any atom is 0.222 e. The van der Waals surface area contributed by atoms with Crippen LogP contribution in [0.2, 0.25) is 0 Å². The average molecular weight is 373 g/mol. The molecular formula is C17H14BrFN4. The molecule has 1 aliphatic rings. The summed E-state index contributed by atoms with van der Waals surface area (Å²) in [4.78, 5) is 4.30. The van der Waals surface area contributed by atoms with Gasteiger partial charge in [-0.25, -0.2) is 9.07 Å². The van der Waals surface area contributed by atoms with Crippen LogP contribution in [0.1, 0.15) is 29.6 Å². The number of hydrogen-bond donors (Lipinski definition) is 1. The molecule has 4 rings (SSSR count). The third kappa shape index (κ3) is 2.74. The largest absolute Gasteiger partial charge is 0.348 e. The zero-order chi connectivity index (χ0) is 15.8. The van der Waals surface area contributed by atoms with E-state index in [1.165, 1.54) is 17.7 Å². The Kier molecular flexibility index (Phi) is 3.61. The highest BCUT2D eigenvalue weighted by Crippen LogP contribution is 2.37. The number of anilines is 1. The van der Waals surface area contributed by atoms with Gasteiger partial charge < -0.3 is 5.32 Å². The van der Waals surface area contributed by atoms with Crippen LogP contribution in [0.3, 0.4) is 0 Å². The zero-order valence-corrected chi connectivity index (χ0v) is 13.7. The first kappa shape index (κ1) is 14.4. The standard InChI is InChI=1S/C17H14BrFN4/c18-13-3-1-2-12(8-13)16-9-15(11-4-6-14(19)7-5-11)22-17-20-10-21-23(16)17/h1-8,10,15-16H,9H2,(H,20,21,22)/t15-,16-/m0/s1. The number of fused-ring (bicyclic) bond motifs is 1. The van der Waals surface area contributed by atoms with Gasteiger partial charge in [0.25, 0.3) is 0 Å². The van der Waals surface area contributed by atoms with Crippen molar-refractivity contribution in [1.29, 1.82) is 0 Å². The number of nitrogens with zero attached hydrogens (tertiary/aromatic N) is 3. The summed E-state index contributed by atoms with van der Waals surface area (Å²) in [6, 6.07) is 15.0. The third-order valence-corrected chi connectivity index (χ3v) is 4.63. The minimum atomic E-state index is -0.226. The molecule has 0 unspecified atom stereocenters. The van der Waals surface area contributed by atoms with Crippen molar-refractivity contribution in [3.8, 4) is 0 Å². The lowest BCUT2D eigenvalue weighted by Crippen LogP contribution is -2.28. The number of rotatable bonds is 2. The van der Waals surface area contributed by atoms with Crippen molar-refractivity contribution in [2.24, 2.45) is 0 Å². The number of aromatic nitrogens is 3. The summed E-state index contributed by atoms with van der Waals surface area (Å²) in [7, 11) is 0. The molecule has 0 radical (unpaired) electrons. The summed E-state index contributed by atoms with van der Waals surface area (Å²) >= 11 is 3.52. The molecule has 1 aliphatic heterocycles. The molecule has 23 heavy (non-hydrogen) atoms. The first-order valence-corrected chi connectivity index (χ1v) is 8.17. The van der Waals surface area contributed by atoms with Gasteiger partial charge in [0.2, 0.25) is 5.95 Å². The Hall–Kier alpha value is -2.21. The van der Waals surface area contributed by atoms with Crippen molar-refractivity contribution in [2.45, 2.75) is 18.5 Å². The fraction of sp³-hybridized carbons (Fsp3) is 0.176. The molecule has 0 saturated carbocycles. The first-order chi connectivity index (χ1) is 11.2. The smallest absolute Gasteiger partial charge is 0.222 e. The van der Waals surface area contributed by atoms with Crippen LogP contribution in [0.15, 0.2) is 59.3 Å². The molecule has 0 amide bonds. The Balaban J connectivity index is 1.73. The van der Waals surface area contributed by atoms with Crippen LogP contribution < -0.4 is 5.32 Å². The monoisotopic (exact) mass is 372 g/mol. The van der Waals surface area contributed by atoms with E-state index >= 15 is 0 Å². The SMILES string of the molecule is Fc1ccc([C@@H]2C[C@@H](c3cccc(Br)c3)n3ncnc3N2)cc1. The third-order valence-electron chi connectivity index (χ3n) is 4.14. The number of hydrogen-bond acceptors (Lipinski definition) is 3. The Morgan fingerprint density at radius 1 is 1.13 bits per heavy atom. The Morgan fingerprint density at radius 2 is 1.96 bits per heavy atom. The predicted molar refractivity (Wildman–Crippen MR) is 89.7 cm³/mol. The molecule has 0 fully saturated rings. The lowest BCUT2D eigenvalue weighted by Gasteiger charge is -2.31. The molecule has 0 saturated heterocycles. The molecule has 0 spiro atoms. The first-order valence-electron chi connectivity index (χ1n) is 7.38. The maximum atomic E-state index is 13.2. The highest BCUT2D eigenvalue weighted by Gasteiger charge is 2.29. The molecule has 0 aliphatic carbocycles. The van der Waals surface area contributed by atoms with E-state index in [9.17, 15) is 4.39 Å². The van der Waals surface area contributed by atoms with Crippen molar-refractivity contribution < 1.29 is 4.39 Å². The van der Waals surface area contributed by atoms with Crippen molar-refractivity contribution >= 4 is 21.9 Å². The van der Waals surface area contributed by atoms with Crippen molar-refractivity contribution in [3.63, 3.8) is 0 Å². The van der Waals surface area contributed by atoms with E-state index in [1.807, 2.05) is 28.9 Å². The van der Waals surface area contributed by atoms with Crippen LogP contribution in [0.4, 0.5) is 10.3 Å². The van der Waals surface area contributed by atoms with Gasteiger partial charge in [-0.2, -0.15) is 10.1 Å². The normalized spacial score (nSPS) is 19.9. The van der Waals surface area contributed by atoms with Crippen LogP contribution in [0.25, 0.3) is 0 Å². The molecule has 3 aromatic rings. The van der Waals surface area contributed by atoms with Crippen molar-refractivity contribution in [3.05, 3.63) is 76.3 Å². The Bertz CT molecular complexity index is 831. The van der Waals surface area contributed by atoms with Gasteiger partial charge >= 0.3 is 0 Å². The molecule has 4 nitrogen and oxygen atoms in total. The van der Waals surface area contributed by atoms with Gasteiger partial charge in [-0.1, -0.05) is 40.2 Å². The number of nitrogens with one attached hydrogen (secondary N) is 1. The second-order valence-corrected chi connectivity index (χ2v) is 6.50. The fourth-order valence-corrected chi connectivity index (χ4v) is 3.44. The van der Waals surface area contributed by atoms with Gasteiger partial charge in [0.15, 0.2) is 0 Å². The molecule has 1 N–H and O–H groups in total. The van der Waals surface area contributed by atoms with Gasteiger partial charge in [-0.3, -0.25) is 0 Å². The number of halogens is 2. The number of benzene rings is 2. The van der Waals surface area contributed by atoms with Crippen LogP contribution in [-0.2, 0) is 0 Å². The molecule has 2 atom stereocenters. The molecule has 2 aromatic carbocycles. The highest BCUT2D eigenvalue weighted by molar-refractivity contribution is 9.10. The van der Waals surface area contributed by atoms with Gasteiger partial charge in [0.05, 0.1) is 12.1 Å². The average Bonchev–Trinajstić information content (AvgIpc) is 3.03. The zero-order valence-electron chi connectivity index (χ0n) is 12.2. The second-order valence-electron chi connectivity index (χ2n) is 5.58. The van der Waals surface area contributed by atoms with Crippen molar-refractivity contribution in [1.82, 2.24) is 14.8 Å². The van der Waals surface area contributed by atoms with Gasteiger partial charge in [0.1, 0.15) is 12.1 Å². The summed E-state index contributed by atoms with van der Waals surface area (Å²) in [6.45, 7) is 0. The minimum Gasteiger partial charge on any atom is -0.348 e. The fourth-order valence-electron chi connectivity index (χ4n) is 3.02. The lowest BCUT2D eigenvalue weighted by atomic mass is 9.93. The van der Waals surface area contributed by atoms with Gasteiger partial charge in [-0.15, -0.1) is 0 Å². The van der Waals surface area contributed by atoms with Gasteiger partial charge in [-0.05, 0) is 41.8 Å². The molecule has 0 bridgehead atoms. The predicted octanol–water partition coefficient (Wildman–Crippen LogP) is 4.33. The van der Waals surface area contributed by atoms with E-state index in [-0.39, 0.29) is 17.9 Å². The van der Waals surface area contributed by atoms with E-state index in [0.29, 0.717) is 0 Å². The highest BCUT2D eigenvalue weighted by atomic mass is 79.9. The summed E-state index contributed by atoms with van der Waals surface area (Å²) in [5, 5.41) is 7.74. The Labute approximate surface area is 141 Å². The van der Waals surface area contributed by atoms with E-state index < -0.39 is 0 Å².